The Kier molecular flexibility index (Phi) is 4.47. The van der Waals surface area contributed by atoms with E-state index in [2.05, 4.69) is 65.2 Å². The molecule has 168 valence electrons. The number of anilines is 2. The summed E-state index contributed by atoms with van der Waals surface area (Å²) in [6.07, 6.45) is 3.66. The van der Waals surface area contributed by atoms with E-state index in [4.69, 9.17) is 14.1 Å². The van der Waals surface area contributed by atoms with Crippen LogP contribution in [0.1, 0.15) is 34.7 Å². The van der Waals surface area contributed by atoms with Crippen molar-refractivity contribution in [2.45, 2.75) is 12.5 Å². The molecule has 2 unspecified atom stereocenters. The number of benzene rings is 4. The molecule has 4 aromatic rings. The minimum Gasteiger partial charge on any atom is -0.464 e. The van der Waals surface area contributed by atoms with Crippen LogP contribution in [-0.2, 0) is 0 Å². The highest BCUT2D eigenvalue weighted by atomic mass is 16.5. The molecule has 0 saturated heterocycles. The Morgan fingerprint density at radius 3 is 1.80 bits per heavy atom. The van der Waals surface area contributed by atoms with E-state index in [-0.39, 0.29) is 12.5 Å². The Bertz CT molecular complexity index is 1520. The van der Waals surface area contributed by atoms with Crippen molar-refractivity contribution in [3.8, 4) is 11.5 Å². The second kappa shape index (κ2) is 7.94. The number of nitrogens with zero attached hydrogens (tertiary/aromatic N) is 1. The molecular weight excluding hydrogens is 434 g/mol. The van der Waals surface area contributed by atoms with E-state index >= 15 is 0 Å². The first kappa shape index (κ1) is 19.7. The van der Waals surface area contributed by atoms with Crippen LogP contribution in [0.25, 0.3) is 5.57 Å². The van der Waals surface area contributed by atoms with E-state index in [0.717, 1.165) is 56.4 Å². The predicted octanol–water partition coefficient (Wildman–Crippen LogP) is 5.72. The van der Waals surface area contributed by atoms with Gasteiger partial charge in [0.05, 0.1) is 22.5 Å². The molecule has 3 aliphatic heterocycles. The van der Waals surface area contributed by atoms with Gasteiger partial charge >= 0.3 is 11.9 Å². The highest BCUT2D eigenvalue weighted by Gasteiger charge is 2.27. The van der Waals surface area contributed by atoms with Gasteiger partial charge in [-0.25, -0.2) is 0 Å². The minimum atomic E-state index is -0.207. The summed E-state index contributed by atoms with van der Waals surface area (Å²) in [5, 5.41) is 6.88. The molecule has 0 bridgehead atoms. The fraction of sp³-hybridized carbons (Fsp3) is 0.0667. The van der Waals surface area contributed by atoms with E-state index in [1.165, 1.54) is 0 Å². The summed E-state index contributed by atoms with van der Waals surface area (Å²) in [7, 11) is 0. The molecule has 7 rings (SSSR count). The lowest BCUT2D eigenvalue weighted by molar-refractivity contribution is 0.259. The lowest BCUT2D eigenvalue weighted by atomic mass is 10.0. The standard InChI is InChI=1S/C30H22N3O2/c1-3-13-27-24(11-1)32-29(34-27)21-9-5-7-19(15-21)23-17-26(31-18-23)20-8-6-10-22(16-20)30-33-25-12-2-4-14-28(25)35-30/h1-18,29-30,32-33H/q+1. The third-order valence-corrected chi connectivity index (χ3v) is 6.48. The van der Waals surface area contributed by atoms with Gasteiger partial charge in [0.2, 0.25) is 0 Å². The first-order valence-electron chi connectivity index (χ1n) is 11.7. The maximum Gasteiger partial charge on any atom is 0.335 e. The number of para-hydroxylation sites is 4. The number of hydrogen-bond donors (Lipinski definition) is 2. The van der Waals surface area contributed by atoms with Crippen LogP contribution in [0.5, 0.6) is 11.5 Å². The van der Waals surface area contributed by atoms with Crippen molar-refractivity contribution in [3.63, 3.8) is 0 Å². The zero-order valence-corrected chi connectivity index (χ0v) is 18.8. The molecular formula is C30H22N3O2+. The lowest BCUT2D eigenvalue weighted by Crippen LogP contribution is -2.11. The Morgan fingerprint density at radius 1 is 0.600 bits per heavy atom. The fourth-order valence-electron chi connectivity index (χ4n) is 4.69. The van der Waals surface area contributed by atoms with Crippen molar-refractivity contribution in [1.29, 1.82) is 0 Å². The molecule has 0 fully saturated rings. The number of rotatable bonds is 4. The van der Waals surface area contributed by atoms with Gasteiger partial charge < -0.3 is 20.1 Å². The normalized spacial score (nSPS) is 19.0. The number of ether oxygens (including phenoxy) is 2. The molecule has 2 atom stereocenters. The van der Waals surface area contributed by atoms with Gasteiger partial charge in [-0.05, 0) is 48.0 Å². The average molecular weight is 457 g/mol. The van der Waals surface area contributed by atoms with Crippen molar-refractivity contribution in [2.75, 3.05) is 10.6 Å². The van der Waals surface area contributed by atoms with E-state index in [1.807, 2.05) is 54.7 Å². The SMILES string of the molecule is C1=[N+]=C(c2cccc(C3Nc4ccccc4O3)c2)C=C1c1cccc(C2Nc3ccccc3O2)c1. The van der Waals surface area contributed by atoms with Crippen LogP contribution in [0.15, 0.2) is 103 Å². The van der Waals surface area contributed by atoms with E-state index in [9.17, 15) is 0 Å². The molecule has 0 aliphatic carbocycles. The number of hydrogen-bond acceptors (Lipinski definition) is 4. The van der Waals surface area contributed by atoms with Gasteiger partial charge in [-0.2, -0.15) is 0 Å². The van der Waals surface area contributed by atoms with Crippen LogP contribution < -0.4 is 24.8 Å². The average Bonchev–Trinajstić information content (AvgIpc) is 3.67. The minimum absolute atomic E-state index is 0.200. The molecule has 0 amide bonds. The van der Waals surface area contributed by atoms with Crippen LogP contribution >= 0.6 is 0 Å². The van der Waals surface area contributed by atoms with Crippen LogP contribution in [0.3, 0.4) is 0 Å². The molecule has 3 heterocycles. The summed E-state index contributed by atoms with van der Waals surface area (Å²) >= 11 is 0. The summed E-state index contributed by atoms with van der Waals surface area (Å²) in [4.78, 5) is 0. The maximum absolute atomic E-state index is 6.10. The molecule has 0 radical (unpaired) electrons. The Morgan fingerprint density at radius 2 is 1.17 bits per heavy atom. The maximum atomic E-state index is 6.10. The Hall–Kier alpha value is -4.73. The Labute approximate surface area is 203 Å². The Balaban J connectivity index is 1.11. The van der Waals surface area contributed by atoms with Gasteiger partial charge in [-0.3, -0.25) is 0 Å². The number of allylic oxidation sites excluding steroid dienone is 2. The lowest BCUT2D eigenvalue weighted by Gasteiger charge is -2.12. The largest absolute Gasteiger partial charge is 0.464 e. The van der Waals surface area contributed by atoms with E-state index < -0.39 is 0 Å². The summed E-state index contributed by atoms with van der Waals surface area (Å²) in [5.74, 6) is 1.75. The first-order valence-corrected chi connectivity index (χ1v) is 11.7. The first-order chi connectivity index (χ1) is 17.3. The summed E-state index contributed by atoms with van der Waals surface area (Å²) in [5.41, 5.74) is 8.35. The number of fused-ring (bicyclic) bond motifs is 2. The summed E-state index contributed by atoms with van der Waals surface area (Å²) in [6.45, 7) is 0. The molecule has 0 aromatic heterocycles. The van der Waals surface area contributed by atoms with Gasteiger partial charge in [-0.1, -0.05) is 59.3 Å². The van der Waals surface area contributed by atoms with Crippen LogP contribution in [-0.4, -0.2) is 11.9 Å². The third-order valence-electron chi connectivity index (χ3n) is 6.48. The predicted molar refractivity (Wildman–Crippen MR) is 140 cm³/mol. The highest BCUT2D eigenvalue weighted by Crippen LogP contribution is 2.39. The van der Waals surface area contributed by atoms with Crippen LogP contribution in [0.2, 0.25) is 0 Å². The third kappa shape index (κ3) is 3.55. The van der Waals surface area contributed by atoms with Gasteiger partial charge in [0, 0.05) is 17.2 Å². The zero-order valence-electron chi connectivity index (χ0n) is 18.8. The monoisotopic (exact) mass is 456 g/mol. The molecule has 0 saturated carbocycles. The van der Waals surface area contributed by atoms with Gasteiger partial charge in [-0.15, -0.1) is 0 Å². The fourth-order valence-corrected chi connectivity index (χ4v) is 4.69. The van der Waals surface area contributed by atoms with Crippen molar-refractivity contribution in [2.24, 2.45) is 0 Å². The van der Waals surface area contributed by atoms with Crippen molar-refractivity contribution in [3.05, 3.63) is 125 Å². The van der Waals surface area contributed by atoms with Crippen LogP contribution in [0.4, 0.5) is 11.4 Å². The summed E-state index contributed by atoms with van der Waals surface area (Å²) in [6, 6.07) is 32.8. The quantitative estimate of drug-likeness (QED) is 0.386. The highest BCUT2D eigenvalue weighted by molar-refractivity contribution is 6.26. The topological polar surface area (TPSA) is 56.6 Å². The van der Waals surface area contributed by atoms with Crippen molar-refractivity contribution in [1.82, 2.24) is 4.67 Å². The van der Waals surface area contributed by atoms with Gasteiger partial charge in [0.1, 0.15) is 11.5 Å². The van der Waals surface area contributed by atoms with Gasteiger partial charge in [0.15, 0.2) is 12.5 Å². The second-order valence-corrected chi connectivity index (χ2v) is 8.77. The molecule has 35 heavy (non-hydrogen) atoms. The van der Waals surface area contributed by atoms with Crippen LogP contribution in [0, 0.1) is 0 Å². The van der Waals surface area contributed by atoms with E-state index in [0.29, 0.717) is 0 Å². The second-order valence-electron chi connectivity index (χ2n) is 8.77. The van der Waals surface area contributed by atoms with Crippen molar-refractivity contribution < 1.29 is 9.47 Å². The molecule has 5 heteroatoms. The molecule has 5 nitrogen and oxygen atoms in total. The van der Waals surface area contributed by atoms with E-state index in [1.54, 1.807) is 0 Å². The van der Waals surface area contributed by atoms with Gasteiger partial charge in [0.25, 0.3) is 0 Å². The molecule has 3 aliphatic rings. The molecule has 0 spiro atoms. The van der Waals surface area contributed by atoms with Crippen molar-refractivity contribution >= 4 is 28.9 Å². The summed E-state index contributed by atoms with van der Waals surface area (Å²) < 4.78 is 16.9. The zero-order chi connectivity index (χ0) is 23.2. The number of nitrogens with one attached hydrogen (secondary N) is 2. The smallest absolute Gasteiger partial charge is 0.335 e. The molecule has 4 aromatic carbocycles. The molecule has 2 N–H and O–H groups in total.